The average molecular weight is 368 g/mol. The van der Waals surface area contributed by atoms with E-state index in [9.17, 15) is 4.79 Å². The van der Waals surface area contributed by atoms with Crippen LogP contribution in [0.25, 0.3) is 11.0 Å². The number of rotatable bonds is 6. The van der Waals surface area contributed by atoms with Gasteiger partial charge in [-0.25, -0.2) is 0 Å². The lowest BCUT2D eigenvalue weighted by atomic mass is 10.1. The van der Waals surface area contributed by atoms with Crippen LogP contribution in [0.1, 0.15) is 17.3 Å². The molecule has 0 saturated heterocycles. The fraction of sp³-hybridized carbons (Fsp3) is 0.200. The van der Waals surface area contributed by atoms with Gasteiger partial charge in [0, 0.05) is 11.5 Å². The molecule has 1 amide bonds. The topological polar surface area (TPSA) is 93.8 Å². The number of carbonyl (C=O) groups excluding carboxylic acids is 1. The molecule has 27 heavy (non-hydrogen) atoms. The molecule has 0 atom stereocenters. The van der Waals surface area contributed by atoms with Crippen molar-refractivity contribution in [2.45, 2.75) is 6.92 Å². The Kier molecular flexibility index (Phi) is 5.30. The van der Waals surface area contributed by atoms with E-state index in [2.05, 4.69) is 5.32 Å². The van der Waals surface area contributed by atoms with Gasteiger partial charge >= 0.3 is 0 Å². The van der Waals surface area contributed by atoms with Crippen molar-refractivity contribution in [2.24, 2.45) is 0 Å². The molecule has 1 heterocycles. The Labute approximate surface area is 156 Å². The number of amides is 1. The highest BCUT2D eigenvalue weighted by Crippen LogP contribution is 2.30. The van der Waals surface area contributed by atoms with Gasteiger partial charge in [0.2, 0.25) is 5.55 Å². The number of hydrogen-bond donors (Lipinski definition) is 2. The van der Waals surface area contributed by atoms with Gasteiger partial charge in [0.05, 0.1) is 26.5 Å². The van der Waals surface area contributed by atoms with Crippen molar-refractivity contribution in [1.29, 1.82) is 5.41 Å². The minimum absolute atomic E-state index is 0.106. The maximum atomic E-state index is 12.7. The van der Waals surface area contributed by atoms with E-state index in [4.69, 9.17) is 24.0 Å². The molecular weight excluding hydrogens is 348 g/mol. The second-order valence-corrected chi connectivity index (χ2v) is 5.62. The van der Waals surface area contributed by atoms with Crippen molar-refractivity contribution in [3.8, 4) is 17.2 Å². The van der Waals surface area contributed by atoms with Crippen molar-refractivity contribution in [3.05, 3.63) is 53.6 Å². The van der Waals surface area contributed by atoms with Gasteiger partial charge < -0.3 is 23.9 Å². The fourth-order valence-corrected chi connectivity index (χ4v) is 2.66. The highest BCUT2D eigenvalue weighted by molar-refractivity contribution is 6.06. The molecule has 0 fully saturated rings. The Balaban J connectivity index is 1.97. The Morgan fingerprint density at radius 2 is 1.93 bits per heavy atom. The molecule has 0 spiro atoms. The first-order valence-electron chi connectivity index (χ1n) is 8.35. The number of nitrogens with one attached hydrogen (secondary N) is 2. The van der Waals surface area contributed by atoms with Crippen LogP contribution in [0.5, 0.6) is 17.2 Å². The normalized spacial score (nSPS) is 10.5. The van der Waals surface area contributed by atoms with Gasteiger partial charge in [0.1, 0.15) is 17.1 Å². The van der Waals surface area contributed by atoms with Gasteiger partial charge in [-0.15, -0.1) is 0 Å². The van der Waals surface area contributed by atoms with Crippen LogP contribution in [0.2, 0.25) is 0 Å². The lowest BCUT2D eigenvalue weighted by molar-refractivity contribution is 0.102. The van der Waals surface area contributed by atoms with Crippen molar-refractivity contribution < 1.29 is 23.4 Å². The van der Waals surface area contributed by atoms with Crippen molar-refractivity contribution in [2.75, 3.05) is 26.1 Å². The molecule has 7 heteroatoms. The van der Waals surface area contributed by atoms with Crippen molar-refractivity contribution >= 4 is 22.6 Å². The molecule has 2 aromatic carbocycles. The van der Waals surface area contributed by atoms with Crippen LogP contribution in [0.3, 0.4) is 0 Å². The summed E-state index contributed by atoms with van der Waals surface area (Å²) >= 11 is 0. The molecule has 0 aliphatic carbocycles. The van der Waals surface area contributed by atoms with Crippen LogP contribution in [-0.2, 0) is 0 Å². The Morgan fingerprint density at radius 3 is 2.63 bits per heavy atom. The maximum absolute atomic E-state index is 12.7. The summed E-state index contributed by atoms with van der Waals surface area (Å²) < 4.78 is 21.5. The first-order chi connectivity index (χ1) is 13.1. The number of hydrogen-bond acceptors (Lipinski definition) is 6. The highest BCUT2D eigenvalue weighted by atomic mass is 16.5. The van der Waals surface area contributed by atoms with Crippen molar-refractivity contribution in [3.63, 3.8) is 0 Å². The molecule has 0 bridgehead atoms. The summed E-state index contributed by atoms with van der Waals surface area (Å²) in [5.74, 6) is 1.11. The maximum Gasteiger partial charge on any atom is 0.261 e. The number of ether oxygens (including phenoxy) is 3. The second kappa shape index (κ2) is 7.82. The summed E-state index contributed by atoms with van der Waals surface area (Å²) in [6.45, 7) is 2.34. The summed E-state index contributed by atoms with van der Waals surface area (Å²) in [6.07, 6.45) is 0. The van der Waals surface area contributed by atoms with Gasteiger partial charge in [-0.05, 0) is 31.2 Å². The van der Waals surface area contributed by atoms with Crippen LogP contribution < -0.4 is 25.1 Å². The van der Waals surface area contributed by atoms with Gasteiger partial charge in [0.15, 0.2) is 11.3 Å². The minimum Gasteiger partial charge on any atom is -0.497 e. The van der Waals surface area contributed by atoms with Gasteiger partial charge in [-0.1, -0.05) is 12.1 Å². The molecule has 2 N–H and O–H groups in total. The Bertz CT molecular complexity index is 1040. The predicted molar refractivity (Wildman–Crippen MR) is 101 cm³/mol. The SMILES string of the molecule is CCOc1cccc2cc(C(=O)Nc3ccc(OC)cc3OC)c(=N)oc12. The smallest absolute Gasteiger partial charge is 0.261 e. The number of anilines is 1. The summed E-state index contributed by atoms with van der Waals surface area (Å²) in [7, 11) is 3.05. The summed E-state index contributed by atoms with van der Waals surface area (Å²) in [4.78, 5) is 12.7. The van der Waals surface area contributed by atoms with Crippen LogP contribution in [-0.4, -0.2) is 26.7 Å². The monoisotopic (exact) mass is 368 g/mol. The number of carbonyl (C=O) groups is 1. The number of para-hydroxylation sites is 1. The number of methoxy groups -OCH3 is 2. The van der Waals surface area contributed by atoms with E-state index in [0.29, 0.717) is 40.5 Å². The molecule has 0 radical (unpaired) electrons. The second-order valence-electron chi connectivity index (χ2n) is 5.62. The third-order valence-electron chi connectivity index (χ3n) is 3.96. The number of fused-ring (bicyclic) bond motifs is 1. The zero-order valence-electron chi connectivity index (χ0n) is 15.3. The molecule has 7 nitrogen and oxygen atoms in total. The van der Waals surface area contributed by atoms with Gasteiger partial charge in [-0.2, -0.15) is 0 Å². The summed E-state index contributed by atoms with van der Waals surface area (Å²) in [5, 5.41) is 11.5. The standard InChI is InChI=1S/C20H20N2O5/c1-4-26-16-7-5-6-12-10-14(19(21)27-18(12)16)20(23)22-15-9-8-13(24-2)11-17(15)25-3/h5-11,21H,4H2,1-3H3,(H,22,23). The minimum atomic E-state index is -0.476. The summed E-state index contributed by atoms with van der Waals surface area (Å²) in [6, 6.07) is 12.0. The first-order valence-corrected chi connectivity index (χ1v) is 8.35. The van der Waals surface area contributed by atoms with Crippen LogP contribution in [0, 0.1) is 5.41 Å². The lowest BCUT2D eigenvalue weighted by Gasteiger charge is -2.12. The van der Waals surface area contributed by atoms with E-state index in [0.717, 1.165) is 0 Å². The molecule has 0 saturated carbocycles. The third-order valence-corrected chi connectivity index (χ3v) is 3.96. The van der Waals surface area contributed by atoms with E-state index >= 15 is 0 Å². The Morgan fingerprint density at radius 1 is 1.11 bits per heavy atom. The molecule has 0 aliphatic heterocycles. The van der Waals surface area contributed by atoms with Crippen LogP contribution in [0.4, 0.5) is 5.69 Å². The van der Waals surface area contributed by atoms with E-state index in [1.165, 1.54) is 7.11 Å². The molecule has 3 rings (SSSR count). The molecule has 140 valence electrons. The molecule has 0 unspecified atom stereocenters. The first kappa shape index (κ1) is 18.3. The molecule has 3 aromatic rings. The molecule has 1 aromatic heterocycles. The van der Waals surface area contributed by atoms with Crippen molar-refractivity contribution in [1.82, 2.24) is 0 Å². The number of benzene rings is 2. The van der Waals surface area contributed by atoms with E-state index in [-0.39, 0.29) is 11.1 Å². The predicted octanol–water partition coefficient (Wildman–Crippen LogP) is 3.58. The van der Waals surface area contributed by atoms with Gasteiger partial charge in [0.25, 0.3) is 5.91 Å². The Hall–Kier alpha value is -3.48. The lowest BCUT2D eigenvalue weighted by Crippen LogP contribution is -2.21. The van der Waals surface area contributed by atoms with Gasteiger partial charge in [-0.3, -0.25) is 10.2 Å². The average Bonchev–Trinajstić information content (AvgIpc) is 2.68. The zero-order chi connectivity index (χ0) is 19.4. The molecule has 0 aliphatic rings. The molecular formula is C20H20N2O5. The van der Waals surface area contributed by atoms with Crippen LogP contribution in [0.15, 0.2) is 46.9 Å². The third kappa shape index (κ3) is 3.72. The van der Waals surface area contributed by atoms with E-state index in [1.807, 2.05) is 6.92 Å². The van der Waals surface area contributed by atoms with E-state index in [1.54, 1.807) is 49.6 Å². The largest absolute Gasteiger partial charge is 0.497 e. The highest BCUT2D eigenvalue weighted by Gasteiger charge is 2.16. The van der Waals surface area contributed by atoms with Crippen LogP contribution >= 0.6 is 0 Å². The van der Waals surface area contributed by atoms with E-state index < -0.39 is 5.91 Å². The summed E-state index contributed by atoms with van der Waals surface area (Å²) in [5.41, 5.74) is 0.752. The fourth-order valence-electron chi connectivity index (χ4n) is 2.66. The zero-order valence-corrected chi connectivity index (χ0v) is 15.3. The quantitative estimate of drug-likeness (QED) is 0.694.